The van der Waals surface area contributed by atoms with Crippen molar-refractivity contribution >= 4 is 5.97 Å². The summed E-state index contributed by atoms with van der Waals surface area (Å²) in [6.45, 7) is 8.73. The summed E-state index contributed by atoms with van der Waals surface area (Å²) in [5.41, 5.74) is 0. The maximum Gasteiger partial charge on any atom is 0.323 e. The van der Waals surface area contributed by atoms with Crippen molar-refractivity contribution in [3.8, 4) is 0 Å². The van der Waals surface area contributed by atoms with Crippen LogP contribution in [0.5, 0.6) is 0 Å². The third kappa shape index (κ3) is 3.10. The van der Waals surface area contributed by atoms with Crippen LogP contribution < -0.4 is 0 Å². The van der Waals surface area contributed by atoms with Crippen LogP contribution in [0.25, 0.3) is 0 Å². The molecule has 6 nitrogen and oxygen atoms in total. The van der Waals surface area contributed by atoms with E-state index in [9.17, 15) is 4.79 Å². The molecule has 21 heavy (non-hydrogen) atoms. The quantitative estimate of drug-likeness (QED) is 0.786. The van der Waals surface area contributed by atoms with Gasteiger partial charge in [-0.15, -0.1) is 0 Å². The summed E-state index contributed by atoms with van der Waals surface area (Å²) >= 11 is 0. The average molecular weight is 292 g/mol. The Hall–Kier alpha value is -1.43. The standard InChI is InChI=1S/C15H24N4O2/c1-10-7-14(15(20)21-10)18-6-4-5-13(8-18)9-19-12(3)16-11(2)17-19/h10,13-14H,4-9H2,1-3H3/t10-,13+,14+/m0/s1. The van der Waals surface area contributed by atoms with Gasteiger partial charge in [-0.1, -0.05) is 0 Å². The second kappa shape index (κ2) is 5.75. The Morgan fingerprint density at radius 3 is 2.81 bits per heavy atom. The van der Waals surface area contributed by atoms with Gasteiger partial charge in [0.15, 0.2) is 0 Å². The molecule has 3 atom stereocenters. The lowest BCUT2D eigenvalue weighted by molar-refractivity contribution is -0.145. The SMILES string of the molecule is Cc1nc(C)n(C[C@@H]2CCCN([C@@H]3C[C@H](C)OC3=O)C2)n1. The van der Waals surface area contributed by atoms with Gasteiger partial charge in [-0.3, -0.25) is 9.69 Å². The van der Waals surface area contributed by atoms with Crippen LogP contribution in [0, 0.1) is 19.8 Å². The number of hydrogen-bond donors (Lipinski definition) is 0. The summed E-state index contributed by atoms with van der Waals surface area (Å²) in [6, 6.07) is -0.0404. The first-order valence-electron chi connectivity index (χ1n) is 7.85. The molecule has 2 aliphatic rings. The predicted molar refractivity (Wildman–Crippen MR) is 77.8 cm³/mol. The highest BCUT2D eigenvalue weighted by Gasteiger charge is 2.38. The van der Waals surface area contributed by atoms with Gasteiger partial charge in [0, 0.05) is 19.5 Å². The van der Waals surface area contributed by atoms with Gasteiger partial charge in [0.05, 0.1) is 0 Å². The van der Waals surface area contributed by atoms with Crippen LogP contribution in [0.15, 0.2) is 0 Å². The molecule has 0 saturated carbocycles. The average Bonchev–Trinajstić information content (AvgIpc) is 2.92. The van der Waals surface area contributed by atoms with E-state index < -0.39 is 0 Å². The van der Waals surface area contributed by atoms with Gasteiger partial charge in [-0.2, -0.15) is 5.10 Å². The van der Waals surface area contributed by atoms with E-state index in [4.69, 9.17) is 4.74 Å². The molecule has 0 bridgehead atoms. The Kier molecular flexibility index (Phi) is 3.97. The number of aryl methyl sites for hydroxylation is 2. The van der Waals surface area contributed by atoms with Gasteiger partial charge in [-0.05, 0) is 46.1 Å². The Bertz CT molecular complexity index is 528. The van der Waals surface area contributed by atoms with Crippen LogP contribution in [0.1, 0.15) is 37.8 Å². The molecule has 116 valence electrons. The van der Waals surface area contributed by atoms with E-state index >= 15 is 0 Å². The van der Waals surface area contributed by atoms with Crippen molar-refractivity contribution in [3.05, 3.63) is 11.6 Å². The summed E-state index contributed by atoms with van der Waals surface area (Å²) in [5.74, 6) is 2.28. The monoisotopic (exact) mass is 292 g/mol. The Morgan fingerprint density at radius 2 is 2.19 bits per heavy atom. The van der Waals surface area contributed by atoms with Crippen LogP contribution in [-0.2, 0) is 16.1 Å². The van der Waals surface area contributed by atoms with Gasteiger partial charge in [0.25, 0.3) is 0 Å². The molecule has 0 aliphatic carbocycles. The number of piperidine rings is 1. The number of rotatable bonds is 3. The second-order valence-electron chi connectivity index (χ2n) is 6.39. The molecule has 2 saturated heterocycles. The van der Waals surface area contributed by atoms with E-state index in [0.29, 0.717) is 5.92 Å². The summed E-state index contributed by atoms with van der Waals surface area (Å²) < 4.78 is 7.29. The van der Waals surface area contributed by atoms with E-state index in [1.54, 1.807) is 0 Å². The molecule has 0 aromatic carbocycles. The summed E-state index contributed by atoms with van der Waals surface area (Å²) in [5, 5.41) is 4.45. The van der Waals surface area contributed by atoms with Crippen LogP contribution in [-0.4, -0.2) is 50.9 Å². The molecule has 0 radical (unpaired) electrons. The molecule has 0 amide bonds. The lowest BCUT2D eigenvalue weighted by Gasteiger charge is -2.35. The lowest BCUT2D eigenvalue weighted by atomic mass is 9.96. The molecule has 6 heteroatoms. The van der Waals surface area contributed by atoms with Crippen molar-refractivity contribution in [2.75, 3.05) is 13.1 Å². The van der Waals surface area contributed by atoms with E-state index in [1.165, 1.54) is 6.42 Å². The molecule has 3 heterocycles. The fraction of sp³-hybridized carbons (Fsp3) is 0.800. The van der Waals surface area contributed by atoms with Gasteiger partial charge >= 0.3 is 5.97 Å². The van der Waals surface area contributed by atoms with Crippen LogP contribution in [0.2, 0.25) is 0 Å². The predicted octanol–water partition coefficient (Wildman–Crippen LogP) is 1.31. The second-order valence-corrected chi connectivity index (χ2v) is 6.39. The zero-order valence-corrected chi connectivity index (χ0v) is 13.1. The fourth-order valence-corrected chi connectivity index (χ4v) is 3.54. The van der Waals surface area contributed by atoms with E-state index in [-0.39, 0.29) is 18.1 Å². The Labute approximate surface area is 125 Å². The maximum absolute atomic E-state index is 11.9. The minimum absolute atomic E-state index is 0.0404. The van der Waals surface area contributed by atoms with Crippen molar-refractivity contribution in [3.63, 3.8) is 0 Å². The number of ether oxygens (including phenoxy) is 1. The molecule has 0 spiro atoms. The third-order valence-corrected chi connectivity index (χ3v) is 4.53. The molecule has 1 aromatic heterocycles. The molecule has 0 N–H and O–H groups in total. The molecule has 2 aliphatic heterocycles. The first-order chi connectivity index (χ1) is 10.0. The smallest absolute Gasteiger partial charge is 0.323 e. The zero-order chi connectivity index (χ0) is 15.0. The van der Waals surface area contributed by atoms with E-state index in [2.05, 4.69) is 15.0 Å². The lowest BCUT2D eigenvalue weighted by Crippen LogP contribution is -2.45. The Morgan fingerprint density at radius 1 is 1.38 bits per heavy atom. The number of cyclic esters (lactones) is 1. The van der Waals surface area contributed by atoms with Crippen molar-refractivity contribution in [2.45, 2.75) is 58.7 Å². The normalized spacial score (nSPS) is 30.6. The number of carbonyl (C=O) groups is 1. The molecular weight excluding hydrogens is 268 g/mol. The summed E-state index contributed by atoms with van der Waals surface area (Å²) in [6.07, 6.45) is 3.21. The fourth-order valence-electron chi connectivity index (χ4n) is 3.54. The van der Waals surface area contributed by atoms with E-state index in [1.807, 2.05) is 25.5 Å². The first-order valence-corrected chi connectivity index (χ1v) is 7.85. The molecule has 0 unspecified atom stereocenters. The highest BCUT2D eigenvalue weighted by Crippen LogP contribution is 2.26. The molecule has 2 fully saturated rings. The summed E-state index contributed by atoms with van der Waals surface area (Å²) in [4.78, 5) is 18.6. The van der Waals surface area contributed by atoms with Crippen LogP contribution >= 0.6 is 0 Å². The minimum Gasteiger partial charge on any atom is -0.461 e. The van der Waals surface area contributed by atoms with Crippen molar-refractivity contribution in [1.29, 1.82) is 0 Å². The van der Waals surface area contributed by atoms with Crippen LogP contribution in [0.4, 0.5) is 0 Å². The number of nitrogens with zero attached hydrogens (tertiary/aromatic N) is 4. The van der Waals surface area contributed by atoms with Gasteiger partial charge in [0.2, 0.25) is 0 Å². The van der Waals surface area contributed by atoms with Crippen molar-refractivity contribution < 1.29 is 9.53 Å². The maximum atomic E-state index is 11.9. The summed E-state index contributed by atoms with van der Waals surface area (Å²) in [7, 11) is 0. The molecule has 3 rings (SSSR count). The number of likely N-dealkylation sites (tertiary alicyclic amines) is 1. The number of esters is 1. The van der Waals surface area contributed by atoms with Crippen molar-refractivity contribution in [1.82, 2.24) is 19.7 Å². The van der Waals surface area contributed by atoms with Crippen LogP contribution in [0.3, 0.4) is 0 Å². The van der Waals surface area contributed by atoms with Gasteiger partial charge in [0.1, 0.15) is 23.8 Å². The Balaban J connectivity index is 1.63. The topological polar surface area (TPSA) is 60.2 Å². The zero-order valence-electron chi connectivity index (χ0n) is 13.1. The third-order valence-electron chi connectivity index (χ3n) is 4.53. The highest BCUT2D eigenvalue weighted by molar-refractivity contribution is 5.78. The highest BCUT2D eigenvalue weighted by atomic mass is 16.6. The first kappa shape index (κ1) is 14.5. The minimum atomic E-state index is -0.0454. The molecule has 1 aromatic rings. The van der Waals surface area contributed by atoms with Gasteiger partial charge < -0.3 is 4.74 Å². The number of hydrogen-bond acceptors (Lipinski definition) is 5. The number of aromatic nitrogens is 3. The largest absolute Gasteiger partial charge is 0.461 e. The molecular formula is C15H24N4O2. The van der Waals surface area contributed by atoms with Crippen molar-refractivity contribution in [2.24, 2.45) is 5.92 Å². The van der Waals surface area contributed by atoms with Gasteiger partial charge in [-0.25, -0.2) is 9.67 Å². The number of carbonyl (C=O) groups excluding carboxylic acids is 1. The van der Waals surface area contributed by atoms with E-state index in [0.717, 1.165) is 44.1 Å².